The number of nitrogens with zero attached hydrogens (tertiary/aromatic N) is 1. The van der Waals surface area contributed by atoms with Crippen molar-refractivity contribution in [3.63, 3.8) is 0 Å². The van der Waals surface area contributed by atoms with Crippen LogP contribution in [0.4, 0.5) is 0 Å². The summed E-state index contributed by atoms with van der Waals surface area (Å²) in [5.74, 6) is -0.291. The van der Waals surface area contributed by atoms with Gasteiger partial charge in [-0.15, -0.1) is 0 Å². The molecule has 1 aromatic rings. The molecule has 0 N–H and O–H groups in total. The Labute approximate surface area is 94.2 Å². The van der Waals surface area contributed by atoms with Gasteiger partial charge in [0.15, 0.2) is 0 Å². The van der Waals surface area contributed by atoms with Crippen molar-refractivity contribution in [2.45, 2.75) is 13.3 Å². The summed E-state index contributed by atoms with van der Waals surface area (Å²) < 4.78 is 4.50. The van der Waals surface area contributed by atoms with E-state index in [1.54, 1.807) is 31.2 Å². The zero-order valence-corrected chi connectivity index (χ0v) is 9.38. The number of nitro groups is 1. The summed E-state index contributed by atoms with van der Waals surface area (Å²) >= 11 is 0. The molecule has 0 amide bonds. The van der Waals surface area contributed by atoms with Crippen LogP contribution in [-0.4, -0.2) is 24.5 Å². The van der Waals surface area contributed by atoms with Crippen molar-refractivity contribution in [3.05, 3.63) is 46.0 Å². The highest BCUT2D eigenvalue weighted by molar-refractivity contribution is 5.89. The summed E-state index contributed by atoms with van der Waals surface area (Å²) in [5, 5.41) is 9.40. The average Bonchev–Trinajstić information content (AvgIpc) is 2.30. The first kappa shape index (κ1) is 14.1. The molecular formula is C11H15NO4. The maximum Gasteiger partial charge on any atom is 0.337 e. The topological polar surface area (TPSA) is 69.4 Å². The second-order valence-corrected chi connectivity index (χ2v) is 2.91. The van der Waals surface area contributed by atoms with Crippen LogP contribution in [0.5, 0.6) is 0 Å². The van der Waals surface area contributed by atoms with Crippen LogP contribution in [0.25, 0.3) is 0 Å². The molecule has 0 spiro atoms. The van der Waals surface area contributed by atoms with Crippen LogP contribution in [0.15, 0.2) is 30.3 Å². The summed E-state index contributed by atoms with van der Waals surface area (Å²) in [6.07, 6.45) is 0.632. The van der Waals surface area contributed by atoms with Gasteiger partial charge >= 0.3 is 5.97 Å². The number of hydrogen-bond donors (Lipinski definition) is 0. The lowest BCUT2D eigenvalue weighted by molar-refractivity contribution is -0.479. The zero-order chi connectivity index (χ0) is 12.4. The van der Waals surface area contributed by atoms with E-state index in [4.69, 9.17) is 0 Å². The molecule has 0 aromatic heterocycles. The van der Waals surface area contributed by atoms with E-state index in [0.717, 1.165) is 0 Å². The van der Waals surface area contributed by atoms with Gasteiger partial charge < -0.3 is 4.74 Å². The highest BCUT2D eigenvalue weighted by Gasteiger charge is 2.00. The van der Waals surface area contributed by atoms with Crippen molar-refractivity contribution in [1.82, 2.24) is 0 Å². The van der Waals surface area contributed by atoms with Crippen molar-refractivity contribution in [2.75, 3.05) is 13.7 Å². The first-order chi connectivity index (χ1) is 7.61. The van der Waals surface area contributed by atoms with Crippen LogP contribution in [-0.2, 0) is 4.74 Å². The van der Waals surface area contributed by atoms with Crippen molar-refractivity contribution in [1.29, 1.82) is 0 Å². The molecule has 0 fully saturated rings. The molecule has 0 heterocycles. The van der Waals surface area contributed by atoms with Crippen LogP contribution < -0.4 is 0 Å². The van der Waals surface area contributed by atoms with Gasteiger partial charge in [-0.05, 0) is 12.1 Å². The van der Waals surface area contributed by atoms with E-state index in [-0.39, 0.29) is 17.4 Å². The molecule has 0 saturated carbocycles. The number of benzene rings is 1. The molecule has 5 heteroatoms. The van der Waals surface area contributed by atoms with Crippen molar-refractivity contribution >= 4 is 5.97 Å². The standard InChI is InChI=1S/C8H8O2.C3H7NO2/c1-10-8(9)7-5-3-2-4-6-7;1-2-3-4(5)6/h2-6H,1H3;2-3H2,1H3. The monoisotopic (exact) mass is 225 g/mol. The Hall–Kier alpha value is -1.91. The predicted octanol–water partition coefficient (Wildman–Crippen LogP) is 2.15. The van der Waals surface area contributed by atoms with E-state index in [1.807, 2.05) is 6.07 Å². The van der Waals surface area contributed by atoms with Gasteiger partial charge in [0.1, 0.15) is 0 Å². The second-order valence-electron chi connectivity index (χ2n) is 2.91. The fourth-order valence-corrected chi connectivity index (χ4v) is 0.875. The Morgan fingerprint density at radius 2 is 1.94 bits per heavy atom. The third-order valence-electron chi connectivity index (χ3n) is 1.60. The fraction of sp³-hybridized carbons (Fsp3) is 0.364. The second kappa shape index (κ2) is 8.40. The Morgan fingerprint density at radius 3 is 2.25 bits per heavy atom. The van der Waals surface area contributed by atoms with E-state index in [2.05, 4.69) is 4.74 Å². The Morgan fingerprint density at radius 1 is 1.38 bits per heavy atom. The molecule has 1 aromatic carbocycles. The van der Waals surface area contributed by atoms with Crippen molar-refractivity contribution < 1.29 is 14.5 Å². The smallest absolute Gasteiger partial charge is 0.337 e. The zero-order valence-electron chi connectivity index (χ0n) is 9.38. The number of carbonyl (C=O) groups is 1. The summed E-state index contributed by atoms with van der Waals surface area (Å²) in [7, 11) is 1.37. The largest absolute Gasteiger partial charge is 0.465 e. The number of hydrogen-bond acceptors (Lipinski definition) is 4. The molecule has 5 nitrogen and oxygen atoms in total. The quantitative estimate of drug-likeness (QED) is 0.449. The van der Waals surface area contributed by atoms with E-state index < -0.39 is 0 Å². The first-order valence-electron chi connectivity index (χ1n) is 4.87. The van der Waals surface area contributed by atoms with E-state index in [0.29, 0.717) is 12.0 Å². The minimum Gasteiger partial charge on any atom is -0.465 e. The van der Waals surface area contributed by atoms with Crippen LogP contribution in [0, 0.1) is 10.1 Å². The third-order valence-corrected chi connectivity index (χ3v) is 1.60. The Kier molecular flexibility index (Phi) is 7.40. The van der Waals surface area contributed by atoms with E-state index >= 15 is 0 Å². The summed E-state index contributed by atoms with van der Waals surface area (Å²) in [6.45, 7) is 1.88. The minimum atomic E-state index is -0.319. The lowest BCUT2D eigenvalue weighted by Gasteiger charge is -1.95. The van der Waals surface area contributed by atoms with Crippen molar-refractivity contribution in [3.8, 4) is 0 Å². The highest BCUT2D eigenvalue weighted by atomic mass is 16.6. The van der Waals surface area contributed by atoms with Crippen LogP contribution in [0.3, 0.4) is 0 Å². The molecule has 0 saturated heterocycles. The van der Waals surface area contributed by atoms with Gasteiger partial charge in [0, 0.05) is 11.3 Å². The molecule has 0 aliphatic carbocycles. The number of rotatable bonds is 3. The van der Waals surface area contributed by atoms with Gasteiger partial charge in [0.2, 0.25) is 6.54 Å². The average molecular weight is 225 g/mol. The van der Waals surface area contributed by atoms with E-state index in [1.165, 1.54) is 7.11 Å². The van der Waals surface area contributed by atoms with Gasteiger partial charge in [-0.25, -0.2) is 4.79 Å². The number of methoxy groups -OCH3 is 1. The van der Waals surface area contributed by atoms with Gasteiger partial charge in [-0.2, -0.15) is 0 Å². The normalized spacial score (nSPS) is 8.62. The summed E-state index contributed by atoms with van der Waals surface area (Å²) in [5.41, 5.74) is 0.588. The maximum absolute atomic E-state index is 10.8. The first-order valence-corrected chi connectivity index (χ1v) is 4.87. The number of esters is 1. The van der Waals surface area contributed by atoms with E-state index in [9.17, 15) is 14.9 Å². The highest BCUT2D eigenvalue weighted by Crippen LogP contribution is 1.98. The van der Waals surface area contributed by atoms with Crippen LogP contribution in [0.2, 0.25) is 0 Å². The Bertz CT molecular complexity index is 324. The molecule has 0 aliphatic rings. The molecule has 0 atom stereocenters. The summed E-state index contributed by atoms with van der Waals surface area (Å²) in [6, 6.07) is 8.88. The van der Waals surface area contributed by atoms with Gasteiger partial charge in [0.05, 0.1) is 12.7 Å². The minimum absolute atomic E-state index is 0.0972. The van der Waals surface area contributed by atoms with Gasteiger partial charge in [-0.3, -0.25) is 10.1 Å². The Balaban J connectivity index is 0.000000325. The van der Waals surface area contributed by atoms with Crippen molar-refractivity contribution in [2.24, 2.45) is 0 Å². The number of carbonyl (C=O) groups excluding carboxylic acids is 1. The molecule has 0 bridgehead atoms. The lowest BCUT2D eigenvalue weighted by atomic mass is 10.2. The SMILES string of the molecule is CCC[N+](=O)[O-].COC(=O)c1ccccc1. The molecule has 0 unspecified atom stereocenters. The number of ether oxygens (including phenoxy) is 1. The third kappa shape index (κ3) is 6.53. The van der Waals surface area contributed by atoms with Gasteiger partial charge in [-0.1, -0.05) is 25.1 Å². The van der Waals surface area contributed by atoms with Gasteiger partial charge in [0.25, 0.3) is 0 Å². The van der Waals surface area contributed by atoms with Crippen LogP contribution in [0.1, 0.15) is 23.7 Å². The maximum atomic E-state index is 10.8. The molecular weight excluding hydrogens is 210 g/mol. The molecule has 0 aliphatic heterocycles. The fourth-order valence-electron chi connectivity index (χ4n) is 0.875. The molecule has 1 rings (SSSR count). The predicted molar refractivity (Wildman–Crippen MR) is 59.9 cm³/mol. The lowest BCUT2D eigenvalue weighted by Crippen LogP contribution is -1.99. The molecule has 88 valence electrons. The molecule has 0 radical (unpaired) electrons. The summed E-state index contributed by atoms with van der Waals surface area (Å²) in [4.78, 5) is 19.9. The molecule has 16 heavy (non-hydrogen) atoms. The van der Waals surface area contributed by atoms with Crippen LogP contribution >= 0.6 is 0 Å².